The molecule has 3 heterocycles. The summed E-state index contributed by atoms with van der Waals surface area (Å²) in [5, 5.41) is 1.25. The fraction of sp³-hybridized carbons (Fsp3) is 0.208. The van der Waals surface area contributed by atoms with Gasteiger partial charge in [-0.3, -0.25) is 0 Å². The number of amides is 2. The van der Waals surface area contributed by atoms with Crippen molar-refractivity contribution >= 4 is 22.6 Å². The number of hydrogen-bond donors (Lipinski definition) is 1. The van der Waals surface area contributed by atoms with Gasteiger partial charge >= 0.3 is 6.03 Å². The van der Waals surface area contributed by atoms with Gasteiger partial charge in [-0.05, 0) is 22.8 Å². The van der Waals surface area contributed by atoms with Gasteiger partial charge in [-0.1, -0.05) is 55.6 Å². The lowest BCUT2D eigenvalue weighted by molar-refractivity contribution is 0.140. The number of carbonyl (C=O) groups is 1. The van der Waals surface area contributed by atoms with Crippen LogP contribution in [0.2, 0.25) is 0 Å². The van der Waals surface area contributed by atoms with Gasteiger partial charge in [0.2, 0.25) is 0 Å². The smallest absolute Gasteiger partial charge is 0.324 e. The van der Waals surface area contributed by atoms with E-state index in [1.54, 1.807) is 4.90 Å². The molecule has 0 spiro atoms. The maximum Gasteiger partial charge on any atom is 0.324 e. The summed E-state index contributed by atoms with van der Waals surface area (Å²) in [5.41, 5.74) is 13.1. The van der Waals surface area contributed by atoms with Gasteiger partial charge in [0.15, 0.2) is 0 Å². The summed E-state index contributed by atoms with van der Waals surface area (Å²) in [6.07, 6.45) is 0. The number of para-hydroxylation sites is 1. The second-order valence-corrected chi connectivity index (χ2v) is 7.95. The molecule has 29 heavy (non-hydrogen) atoms. The van der Waals surface area contributed by atoms with Crippen molar-refractivity contribution in [3.63, 3.8) is 0 Å². The van der Waals surface area contributed by atoms with Gasteiger partial charge in [0, 0.05) is 54.0 Å². The first-order valence-electron chi connectivity index (χ1n) is 9.81. The highest BCUT2D eigenvalue weighted by Gasteiger charge is 2.41. The molecular formula is C24H24N4O. The second-order valence-electron chi connectivity index (χ2n) is 7.95. The lowest BCUT2D eigenvalue weighted by Gasteiger charge is -2.44. The zero-order valence-electron chi connectivity index (χ0n) is 16.6. The van der Waals surface area contributed by atoms with Gasteiger partial charge in [-0.2, -0.15) is 0 Å². The normalized spacial score (nSPS) is 18.3. The van der Waals surface area contributed by atoms with Crippen LogP contribution in [0.15, 0.2) is 67.4 Å². The van der Waals surface area contributed by atoms with Crippen LogP contribution >= 0.6 is 0 Å². The maximum atomic E-state index is 12.7. The van der Waals surface area contributed by atoms with Crippen molar-refractivity contribution < 1.29 is 4.79 Å². The average Bonchev–Trinajstić information content (AvgIpc) is 3.04. The van der Waals surface area contributed by atoms with Gasteiger partial charge in [0.05, 0.1) is 6.54 Å². The van der Waals surface area contributed by atoms with Crippen LogP contribution in [0.25, 0.3) is 16.6 Å². The van der Waals surface area contributed by atoms with E-state index in [2.05, 4.69) is 54.1 Å². The Morgan fingerprint density at radius 3 is 2.62 bits per heavy atom. The Labute approximate surface area is 170 Å². The highest BCUT2D eigenvalue weighted by atomic mass is 16.2. The number of rotatable bonds is 3. The summed E-state index contributed by atoms with van der Waals surface area (Å²) >= 11 is 0. The first-order valence-corrected chi connectivity index (χ1v) is 9.81. The lowest BCUT2D eigenvalue weighted by Crippen LogP contribution is -2.51. The van der Waals surface area contributed by atoms with Gasteiger partial charge in [0.1, 0.15) is 0 Å². The monoisotopic (exact) mass is 384 g/mol. The molecule has 1 unspecified atom stereocenters. The van der Waals surface area contributed by atoms with E-state index in [9.17, 15) is 4.79 Å². The van der Waals surface area contributed by atoms with Crippen LogP contribution < -0.4 is 5.73 Å². The van der Waals surface area contributed by atoms with E-state index in [1.807, 2.05) is 24.1 Å². The molecule has 0 aliphatic carbocycles. The van der Waals surface area contributed by atoms with Crippen LogP contribution in [0, 0.1) is 0 Å². The van der Waals surface area contributed by atoms with Crippen LogP contribution in [0.5, 0.6) is 0 Å². The standard InChI is InChI=1S/C24H24N4O/c1-15(25)18-10-8-17(9-11-18)12-28-21-7-5-4-6-19(21)23-20-13-27(14-22(23)28)24(29)26(3)16(20)2/h4-11,20H,1-2,12-14,25H2,3H3. The Kier molecular flexibility index (Phi) is 3.81. The highest BCUT2D eigenvalue weighted by molar-refractivity contribution is 5.89. The molecule has 2 aromatic carbocycles. The number of nitrogens with zero attached hydrogens (tertiary/aromatic N) is 3. The molecule has 1 saturated heterocycles. The third-order valence-electron chi connectivity index (χ3n) is 6.27. The number of fused-ring (bicyclic) bond motifs is 6. The van der Waals surface area contributed by atoms with Crippen molar-refractivity contribution in [3.05, 3.63) is 89.8 Å². The van der Waals surface area contributed by atoms with E-state index in [4.69, 9.17) is 5.73 Å². The van der Waals surface area contributed by atoms with Crippen molar-refractivity contribution in [2.75, 3.05) is 13.6 Å². The summed E-state index contributed by atoms with van der Waals surface area (Å²) in [6, 6.07) is 16.7. The molecule has 146 valence electrons. The summed E-state index contributed by atoms with van der Waals surface area (Å²) in [6.45, 7) is 10.1. The number of urea groups is 1. The molecule has 3 aromatic rings. The third-order valence-corrected chi connectivity index (χ3v) is 6.27. The number of likely N-dealkylation sites (N-methyl/N-ethyl adjacent to an activating group) is 1. The van der Waals surface area contributed by atoms with Crippen LogP contribution in [-0.2, 0) is 13.1 Å². The molecule has 0 saturated carbocycles. The zero-order valence-corrected chi connectivity index (χ0v) is 16.6. The topological polar surface area (TPSA) is 54.5 Å². The van der Waals surface area contributed by atoms with Gasteiger partial charge in [0.25, 0.3) is 0 Å². The molecule has 2 aliphatic rings. The van der Waals surface area contributed by atoms with E-state index in [1.165, 1.54) is 27.7 Å². The fourth-order valence-electron chi connectivity index (χ4n) is 4.67. The molecule has 2 aliphatic heterocycles. The van der Waals surface area contributed by atoms with E-state index in [-0.39, 0.29) is 11.9 Å². The van der Waals surface area contributed by atoms with Crippen molar-refractivity contribution in [2.24, 2.45) is 5.73 Å². The molecule has 2 N–H and O–H groups in total. The van der Waals surface area contributed by atoms with Gasteiger partial charge < -0.3 is 20.1 Å². The summed E-state index contributed by atoms with van der Waals surface area (Å²) in [5.74, 6) is 0.135. The third kappa shape index (κ3) is 2.58. The number of benzene rings is 2. The molecule has 5 nitrogen and oxygen atoms in total. The molecular weight excluding hydrogens is 360 g/mol. The maximum absolute atomic E-state index is 12.7. The van der Waals surface area contributed by atoms with Gasteiger partial charge in [-0.15, -0.1) is 0 Å². The number of hydrogen-bond acceptors (Lipinski definition) is 2. The van der Waals surface area contributed by atoms with E-state index < -0.39 is 0 Å². The van der Waals surface area contributed by atoms with E-state index in [0.29, 0.717) is 18.8 Å². The van der Waals surface area contributed by atoms with Crippen molar-refractivity contribution in [3.8, 4) is 0 Å². The fourth-order valence-corrected chi connectivity index (χ4v) is 4.67. The Balaban J connectivity index is 1.65. The summed E-state index contributed by atoms with van der Waals surface area (Å²) in [4.78, 5) is 16.3. The molecule has 0 radical (unpaired) electrons. The quantitative estimate of drug-likeness (QED) is 0.739. The predicted octanol–water partition coefficient (Wildman–Crippen LogP) is 4.10. The average molecular weight is 384 g/mol. The van der Waals surface area contributed by atoms with Crippen molar-refractivity contribution in [2.45, 2.75) is 19.0 Å². The number of nitrogens with two attached hydrogens (primary N) is 1. The van der Waals surface area contributed by atoms with Crippen LogP contribution in [0.3, 0.4) is 0 Å². The first kappa shape index (κ1) is 17.6. The Morgan fingerprint density at radius 1 is 1.17 bits per heavy atom. The first-order chi connectivity index (χ1) is 14.0. The van der Waals surface area contributed by atoms with E-state index >= 15 is 0 Å². The number of aromatic nitrogens is 1. The summed E-state index contributed by atoms with van der Waals surface area (Å²) < 4.78 is 2.35. The highest BCUT2D eigenvalue weighted by Crippen LogP contribution is 2.43. The molecule has 5 heteroatoms. The van der Waals surface area contributed by atoms with Crippen LogP contribution in [-0.4, -0.2) is 34.0 Å². The molecule has 1 aromatic heterocycles. The van der Waals surface area contributed by atoms with Crippen LogP contribution in [0.4, 0.5) is 4.79 Å². The largest absolute Gasteiger partial charge is 0.399 e. The predicted molar refractivity (Wildman–Crippen MR) is 116 cm³/mol. The number of carbonyl (C=O) groups excluding carboxylic acids is 1. The Bertz CT molecular complexity index is 1170. The SMILES string of the molecule is C=C(N)c1ccc(Cn2c3c(c4ccccc42)C2CN(C3)C(=O)N(C)C2=C)cc1. The summed E-state index contributed by atoms with van der Waals surface area (Å²) in [7, 11) is 1.82. The zero-order chi connectivity index (χ0) is 20.3. The van der Waals surface area contributed by atoms with E-state index in [0.717, 1.165) is 17.8 Å². The van der Waals surface area contributed by atoms with Crippen molar-refractivity contribution in [1.29, 1.82) is 0 Å². The van der Waals surface area contributed by atoms with Crippen LogP contribution in [0.1, 0.15) is 28.3 Å². The Hall–Kier alpha value is -3.47. The second kappa shape index (κ2) is 6.27. The molecule has 1 fully saturated rings. The lowest BCUT2D eigenvalue weighted by atomic mass is 9.87. The molecule has 2 bridgehead atoms. The molecule has 1 atom stereocenters. The minimum atomic E-state index is 0.0273. The minimum Gasteiger partial charge on any atom is -0.399 e. The molecule has 5 rings (SSSR count). The Morgan fingerprint density at radius 2 is 1.90 bits per heavy atom. The van der Waals surface area contributed by atoms with Gasteiger partial charge in [-0.25, -0.2) is 4.79 Å². The minimum absolute atomic E-state index is 0.0273. The van der Waals surface area contributed by atoms with Crippen molar-refractivity contribution in [1.82, 2.24) is 14.4 Å². The molecule has 2 amide bonds.